The van der Waals surface area contributed by atoms with Gasteiger partial charge in [-0.3, -0.25) is 5.32 Å². The van der Waals surface area contributed by atoms with Gasteiger partial charge in [0.15, 0.2) is 5.03 Å². The van der Waals surface area contributed by atoms with Crippen molar-refractivity contribution in [2.75, 3.05) is 5.75 Å². The Hall–Kier alpha value is -2.37. The third-order valence-electron chi connectivity index (χ3n) is 2.25. The second-order valence-corrected chi connectivity index (χ2v) is 5.56. The molecule has 2 aliphatic rings. The van der Waals surface area contributed by atoms with Gasteiger partial charge in [0.2, 0.25) is 0 Å². The molecule has 0 aliphatic carbocycles. The molecule has 0 aromatic carbocycles. The van der Waals surface area contributed by atoms with Crippen molar-refractivity contribution >= 4 is 22.0 Å². The summed E-state index contributed by atoms with van der Waals surface area (Å²) in [7, 11) is -3.63. The largest absolute Gasteiger partial charge is 0.408 e. The summed E-state index contributed by atoms with van der Waals surface area (Å²) in [5.41, 5.74) is 0. The highest BCUT2D eigenvalue weighted by atomic mass is 32.2. The van der Waals surface area contributed by atoms with E-state index in [2.05, 4.69) is 10.4 Å². The lowest BCUT2D eigenvalue weighted by Crippen LogP contribution is -2.43. The SMILES string of the molecule is CCCS(=O)(=O)N1C=CN2C(=N1)NC(=O)N2[N+](=O)[O-]. The van der Waals surface area contributed by atoms with Crippen LogP contribution in [0.4, 0.5) is 4.79 Å². The number of carbonyl (C=O) groups excluding carboxylic acids is 1. The number of guanidine groups is 1. The fourth-order valence-electron chi connectivity index (χ4n) is 1.50. The van der Waals surface area contributed by atoms with Crippen LogP contribution in [0.1, 0.15) is 13.3 Å². The second-order valence-electron chi connectivity index (χ2n) is 3.61. The van der Waals surface area contributed by atoms with E-state index in [0.29, 0.717) is 10.8 Å². The van der Waals surface area contributed by atoms with Crippen LogP contribution in [0.25, 0.3) is 0 Å². The number of amides is 2. The standard InChI is InChI=1S/C7H10N6O5S/c1-2-5-19(17,18)11-4-3-10-6(9-11)8-7(14)12(10)13(15)16/h3-4H,2,5H2,1H3,(H,8,9,14). The normalized spacial score (nSPS) is 18.3. The van der Waals surface area contributed by atoms with E-state index >= 15 is 0 Å². The molecule has 0 bridgehead atoms. The van der Waals surface area contributed by atoms with Gasteiger partial charge in [-0.25, -0.2) is 23.3 Å². The monoisotopic (exact) mass is 290 g/mol. The molecule has 11 nitrogen and oxygen atoms in total. The zero-order valence-electron chi connectivity index (χ0n) is 9.75. The number of rotatable bonds is 4. The Kier molecular flexibility index (Phi) is 3.01. The first kappa shape index (κ1) is 13.1. The number of hydrogen-bond acceptors (Lipinski definition) is 7. The van der Waals surface area contributed by atoms with Gasteiger partial charge in [-0.05, 0) is 6.42 Å². The lowest BCUT2D eigenvalue weighted by Gasteiger charge is -2.22. The highest BCUT2D eigenvalue weighted by molar-refractivity contribution is 7.89. The second kappa shape index (κ2) is 4.38. The van der Waals surface area contributed by atoms with Crippen molar-refractivity contribution < 1.29 is 18.2 Å². The molecule has 12 heteroatoms. The lowest BCUT2D eigenvalue weighted by atomic mass is 10.6. The molecule has 1 fully saturated rings. The van der Waals surface area contributed by atoms with Crippen LogP contribution in [0.15, 0.2) is 17.5 Å². The maximum absolute atomic E-state index is 11.8. The average molecular weight is 290 g/mol. The maximum atomic E-state index is 11.8. The highest BCUT2D eigenvalue weighted by Gasteiger charge is 2.44. The predicted octanol–water partition coefficient (Wildman–Crippen LogP) is -0.782. The van der Waals surface area contributed by atoms with E-state index in [1.807, 2.05) is 0 Å². The van der Waals surface area contributed by atoms with Crippen LogP contribution < -0.4 is 5.32 Å². The van der Waals surface area contributed by atoms with Gasteiger partial charge < -0.3 is 0 Å². The molecular weight excluding hydrogens is 280 g/mol. The van der Waals surface area contributed by atoms with Gasteiger partial charge in [0, 0.05) is 0 Å². The zero-order valence-corrected chi connectivity index (χ0v) is 10.6. The van der Waals surface area contributed by atoms with Crippen molar-refractivity contribution in [1.29, 1.82) is 0 Å². The average Bonchev–Trinajstić information content (AvgIpc) is 2.63. The first-order chi connectivity index (χ1) is 8.86. The summed E-state index contributed by atoms with van der Waals surface area (Å²) in [5, 5.41) is 16.4. The van der Waals surface area contributed by atoms with Crippen LogP contribution in [-0.2, 0) is 10.0 Å². The summed E-state index contributed by atoms with van der Waals surface area (Å²) < 4.78 is 24.2. The molecule has 0 saturated carbocycles. The van der Waals surface area contributed by atoms with Crippen LogP contribution in [0.5, 0.6) is 0 Å². The molecular formula is C7H10N6O5S. The van der Waals surface area contributed by atoms with Gasteiger partial charge >= 0.3 is 6.03 Å². The van der Waals surface area contributed by atoms with Crippen molar-refractivity contribution in [2.24, 2.45) is 5.10 Å². The van der Waals surface area contributed by atoms with Crippen LogP contribution in [0.2, 0.25) is 0 Å². The van der Waals surface area contributed by atoms with E-state index < -0.39 is 21.1 Å². The molecule has 2 rings (SSSR count). The Morgan fingerprint density at radius 2 is 2.16 bits per heavy atom. The molecule has 2 heterocycles. The number of sulfonamides is 1. The molecule has 2 amide bonds. The minimum absolute atomic E-state index is 0.124. The van der Waals surface area contributed by atoms with Gasteiger partial charge in [-0.15, -0.1) is 5.10 Å². The third-order valence-corrected chi connectivity index (χ3v) is 3.95. The predicted molar refractivity (Wildman–Crippen MR) is 61.7 cm³/mol. The van der Waals surface area contributed by atoms with Crippen LogP contribution in [0.3, 0.4) is 0 Å². The van der Waals surface area contributed by atoms with Crippen LogP contribution in [-0.4, -0.2) is 45.7 Å². The van der Waals surface area contributed by atoms with E-state index in [9.17, 15) is 23.3 Å². The number of urea groups is 1. The van der Waals surface area contributed by atoms with Crippen LogP contribution in [0, 0.1) is 10.1 Å². The number of nitrogens with zero attached hydrogens (tertiary/aromatic N) is 5. The van der Waals surface area contributed by atoms with Gasteiger partial charge in [-0.2, -0.15) is 9.42 Å². The van der Waals surface area contributed by atoms with Crippen molar-refractivity contribution in [2.45, 2.75) is 13.3 Å². The number of carbonyl (C=O) groups is 1. The first-order valence-corrected chi connectivity index (χ1v) is 6.81. The Morgan fingerprint density at radius 1 is 1.47 bits per heavy atom. The maximum Gasteiger partial charge on any atom is 0.408 e. The number of hydrazine groups is 2. The van der Waals surface area contributed by atoms with Crippen molar-refractivity contribution in [3.8, 4) is 0 Å². The number of nitro groups is 1. The van der Waals surface area contributed by atoms with E-state index in [4.69, 9.17) is 0 Å². The number of hydrazone groups is 1. The van der Waals surface area contributed by atoms with Gasteiger partial charge in [0.05, 0.1) is 23.3 Å². The van der Waals surface area contributed by atoms with Crippen molar-refractivity contribution in [3.63, 3.8) is 0 Å². The number of fused-ring (bicyclic) bond motifs is 1. The third kappa shape index (κ3) is 2.16. The molecule has 1 N–H and O–H groups in total. The van der Waals surface area contributed by atoms with E-state index in [0.717, 1.165) is 17.4 Å². The zero-order chi connectivity index (χ0) is 14.2. The fourth-order valence-corrected chi connectivity index (χ4v) is 2.65. The Labute approximate surface area is 107 Å². The van der Waals surface area contributed by atoms with Gasteiger partial charge in [0.25, 0.3) is 16.0 Å². The summed E-state index contributed by atoms with van der Waals surface area (Å²) in [6.07, 6.45) is 2.50. The molecule has 1 saturated heterocycles. The number of hydrogen-bond donors (Lipinski definition) is 1. The topological polar surface area (TPSA) is 128 Å². The Bertz CT molecular complexity index is 583. The molecule has 0 atom stereocenters. The summed E-state index contributed by atoms with van der Waals surface area (Å²) in [5.74, 6) is -0.370. The molecule has 19 heavy (non-hydrogen) atoms. The summed E-state index contributed by atoms with van der Waals surface area (Å²) in [4.78, 5) is 22.0. The molecule has 2 aliphatic heterocycles. The minimum atomic E-state index is -3.63. The molecule has 0 aromatic rings. The summed E-state index contributed by atoms with van der Waals surface area (Å²) >= 11 is 0. The first-order valence-electron chi connectivity index (χ1n) is 5.20. The highest BCUT2D eigenvalue weighted by Crippen LogP contribution is 2.17. The molecule has 0 radical (unpaired) electrons. The smallest absolute Gasteiger partial charge is 0.268 e. The van der Waals surface area contributed by atoms with E-state index in [-0.39, 0.29) is 16.8 Å². The minimum Gasteiger partial charge on any atom is -0.268 e. The summed E-state index contributed by atoms with van der Waals surface area (Å²) in [6.45, 7) is 1.69. The van der Waals surface area contributed by atoms with Crippen molar-refractivity contribution in [1.82, 2.24) is 19.9 Å². The Balaban J connectivity index is 2.29. The number of nitrogens with one attached hydrogen (secondary N) is 1. The molecule has 0 unspecified atom stereocenters. The lowest BCUT2D eigenvalue weighted by molar-refractivity contribution is -0.661. The summed E-state index contributed by atoms with van der Waals surface area (Å²) in [6, 6.07) is -1.02. The van der Waals surface area contributed by atoms with Crippen molar-refractivity contribution in [3.05, 3.63) is 22.5 Å². The Morgan fingerprint density at radius 3 is 2.74 bits per heavy atom. The van der Waals surface area contributed by atoms with E-state index in [1.165, 1.54) is 0 Å². The molecule has 0 aromatic heterocycles. The van der Waals surface area contributed by atoms with Crippen LogP contribution >= 0.6 is 0 Å². The van der Waals surface area contributed by atoms with Gasteiger partial charge in [-0.1, -0.05) is 6.92 Å². The molecule has 0 spiro atoms. The van der Waals surface area contributed by atoms with E-state index in [1.54, 1.807) is 6.92 Å². The van der Waals surface area contributed by atoms with Gasteiger partial charge in [0.1, 0.15) is 0 Å². The quantitative estimate of drug-likeness (QED) is 0.534. The fraction of sp³-hybridized carbons (Fsp3) is 0.429. The molecule has 104 valence electrons.